The van der Waals surface area contributed by atoms with E-state index in [0.717, 1.165) is 25.7 Å². The number of aliphatic hydroxyl groups is 1. The van der Waals surface area contributed by atoms with Crippen molar-refractivity contribution in [3.05, 3.63) is 11.7 Å². The Morgan fingerprint density at radius 3 is 2.67 bits per heavy atom. The van der Waals surface area contributed by atoms with Gasteiger partial charge in [-0.15, -0.1) is 0 Å². The van der Waals surface area contributed by atoms with Crippen molar-refractivity contribution in [2.45, 2.75) is 58.0 Å². The van der Waals surface area contributed by atoms with E-state index in [4.69, 9.17) is 9.63 Å². The number of nitrogens with zero attached hydrogens (tertiary/aromatic N) is 2. The van der Waals surface area contributed by atoms with E-state index < -0.39 is 0 Å². The van der Waals surface area contributed by atoms with Crippen LogP contribution in [0.2, 0.25) is 0 Å². The van der Waals surface area contributed by atoms with Crippen LogP contribution in [0.15, 0.2) is 4.52 Å². The molecule has 0 bridgehead atoms. The number of amides is 2. The Hall–Kier alpha value is -1.63. The second kappa shape index (κ2) is 7.40. The smallest absolute Gasteiger partial charge is 0.315 e. The minimum absolute atomic E-state index is 0.178. The van der Waals surface area contributed by atoms with Crippen LogP contribution >= 0.6 is 0 Å². The summed E-state index contributed by atoms with van der Waals surface area (Å²) < 4.78 is 4.95. The summed E-state index contributed by atoms with van der Waals surface area (Å²) in [4.78, 5) is 16.2. The van der Waals surface area contributed by atoms with Crippen LogP contribution in [0.1, 0.15) is 56.8 Å². The molecule has 1 fully saturated rings. The molecule has 1 aliphatic rings. The van der Waals surface area contributed by atoms with Gasteiger partial charge < -0.3 is 20.3 Å². The van der Waals surface area contributed by atoms with E-state index in [-0.39, 0.29) is 24.7 Å². The highest BCUT2D eigenvalue weighted by Crippen LogP contribution is 2.23. The second-order valence-electron chi connectivity index (χ2n) is 5.65. The third kappa shape index (κ3) is 4.42. The Balaban J connectivity index is 1.80. The molecular formula is C14H24N4O3. The molecule has 1 aliphatic carbocycles. The lowest BCUT2D eigenvalue weighted by Crippen LogP contribution is -2.45. The molecule has 1 heterocycles. The molecule has 0 aromatic carbocycles. The molecule has 2 amide bonds. The van der Waals surface area contributed by atoms with Crippen LogP contribution in [0.4, 0.5) is 4.79 Å². The molecule has 21 heavy (non-hydrogen) atoms. The maximum Gasteiger partial charge on any atom is 0.315 e. The SMILES string of the molecule is CCC(NC(=O)NC1CCC(CO)CC1)c1noc(C)n1. The molecule has 0 radical (unpaired) electrons. The average molecular weight is 296 g/mol. The average Bonchev–Trinajstić information content (AvgIpc) is 2.92. The largest absolute Gasteiger partial charge is 0.396 e. The molecule has 1 aromatic rings. The quantitative estimate of drug-likeness (QED) is 0.767. The van der Waals surface area contributed by atoms with Gasteiger partial charge in [-0.3, -0.25) is 0 Å². The number of nitrogens with one attached hydrogen (secondary N) is 2. The Morgan fingerprint density at radius 2 is 2.14 bits per heavy atom. The molecular weight excluding hydrogens is 272 g/mol. The number of carbonyl (C=O) groups is 1. The van der Waals surface area contributed by atoms with E-state index in [0.29, 0.717) is 24.1 Å². The highest BCUT2D eigenvalue weighted by molar-refractivity contribution is 5.74. The third-order valence-corrected chi connectivity index (χ3v) is 4.01. The first kappa shape index (κ1) is 15.8. The van der Waals surface area contributed by atoms with Crippen LogP contribution < -0.4 is 10.6 Å². The van der Waals surface area contributed by atoms with E-state index in [1.807, 2.05) is 6.92 Å². The number of rotatable bonds is 5. The summed E-state index contributed by atoms with van der Waals surface area (Å²) in [5, 5.41) is 18.8. The van der Waals surface area contributed by atoms with Crippen LogP contribution in [-0.2, 0) is 0 Å². The van der Waals surface area contributed by atoms with Crippen molar-refractivity contribution >= 4 is 6.03 Å². The molecule has 2 rings (SSSR count). The molecule has 3 N–H and O–H groups in total. The monoisotopic (exact) mass is 296 g/mol. The number of hydrogen-bond acceptors (Lipinski definition) is 5. The van der Waals surface area contributed by atoms with Gasteiger partial charge in [0.2, 0.25) is 5.89 Å². The fourth-order valence-electron chi connectivity index (χ4n) is 2.68. The van der Waals surface area contributed by atoms with Crippen LogP contribution in [0, 0.1) is 12.8 Å². The lowest BCUT2D eigenvalue weighted by molar-refractivity contribution is 0.174. The Labute approximate surface area is 124 Å². The van der Waals surface area contributed by atoms with Gasteiger partial charge in [0.1, 0.15) is 0 Å². The van der Waals surface area contributed by atoms with Gasteiger partial charge in [-0.05, 0) is 38.0 Å². The second-order valence-corrected chi connectivity index (χ2v) is 5.65. The number of urea groups is 1. The van der Waals surface area contributed by atoms with E-state index in [1.54, 1.807) is 6.92 Å². The van der Waals surface area contributed by atoms with Gasteiger partial charge in [0.05, 0.1) is 6.04 Å². The van der Waals surface area contributed by atoms with Crippen molar-refractivity contribution in [2.24, 2.45) is 5.92 Å². The van der Waals surface area contributed by atoms with Crippen LogP contribution in [0.5, 0.6) is 0 Å². The van der Waals surface area contributed by atoms with Crippen LogP contribution in [0.3, 0.4) is 0 Å². The first-order chi connectivity index (χ1) is 10.1. The first-order valence-corrected chi connectivity index (χ1v) is 7.60. The van der Waals surface area contributed by atoms with Gasteiger partial charge >= 0.3 is 6.03 Å². The van der Waals surface area contributed by atoms with E-state index in [2.05, 4.69) is 20.8 Å². The zero-order valence-electron chi connectivity index (χ0n) is 12.6. The standard InChI is InChI=1S/C14H24N4O3/c1-3-12(13-15-9(2)21-18-13)17-14(20)16-11-6-4-10(8-19)5-7-11/h10-12,19H,3-8H2,1-2H3,(H2,16,17,20). The zero-order valence-corrected chi connectivity index (χ0v) is 12.6. The minimum Gasteiger partial charge on any atom is -0.396 e. The van der Waals surface area contributed by atoms with E-state index in [1.165, 1.54) is 0 Å². The Kier molecular flexibility index (Phi) is 5.55. The highest BCUT2D eigenvalue weighted by Gasteiger charge is 2.23. The predicted octanol–water partition coefficient (Wildman–Crippen LogP) is 1.68. The van der Waals surface area contributed by atoms with Gasteiger partial charge in [-0.2, -0.15) is 4.98 Å². The minimum atomic E-state index is -0.240. The third-order valence-electron chi connectivity index (χ3n) is 4.01. The van der Waals surface area contributed by atoms with Gasteiger partial charge in [-0.25, -0.2) is 4.79 Å². The summed E-state index contributed by atoms with van der Waals surface area (Å²) in [6.45, 7) is 3.93. The lowest BCUT2D eigenvalue weighted by atomic mass is 9.87. The van der Waals surface area contributed by atoms with Crippen molar-refractivity contribution < 1.29 is 14.4 Å². The topological polar surface area (TPSA) is 100 Å². The maximum absolute atomic E-state index is 12.1. The van der Waals surface area contributed by atoms with Crippen molar-refractivity contribution in [1.29, 1.82) is 0 Å². The molecule has 1 saturated carbocycles. The predicted molar refractivity (Wildman–Crippen MR) is 76.6 cm³/mol. The summed E-state index contributed by atoms with van der Waals surface area (Å²) in [6.07, 6.45) is 4.45. The van der Waals surface area contributed by atoms with E-state index >= 15 is 0 Å². The summed E-state index contributed by atoms with van der Waals surface area (Å²) >= 11 is 0. The molecule has 1 atom stereocenters. The molecule has 0 saturated heterocycles. The number of aryl methyl sites for hydroxylation is 1. The molecule has 0 spiro atoms. The number of hydrogen-bond donors (Lipinski definition) is 3. The Bertz CT molecular complexity index is 455. The van der Waals surface area contributed by atoms with Gasteiger partial charge in [0, 0.05) is 19.6 Å². The first-order valence-electron chi connectivity index (χ1n) is 7.60. The van der Waals surface area contributed by atoms with Gasteiger partial charge in [-0.1, -0.05) is 12.1 Å². The summed E-state index contributed by atoms with van der Waals surface area (Å²) in [5.41, 5.74) is 0. The molecule has 0 aliphatic heterocycles. The fourth-order valence-corrected chi connectivity index (χ4v) is 2.68. The number of aliphatic hydroxyl groups excluding tert-OH is 1. The molecule has 1 aromatic heterocycles. The maximum atomic E-state index is 12.1. The highest BCUT2D eigenvalue weighted by atomic mass is 16.5. The summed E-state index contributed by atoms with van der Waals surface area (Å²) in [7, 11) is 0. The Morgan fingerprint density at radius 1 is 1.43 bits per heavy atom. The van der Waals surface area contributed by atoms with Crippen LogP contribution in [0.25, 0.3) is 0 Å². The summed E-state index contributed by atoms with van der Waals surface area (Å²) in [6, 6.07) is -0.259. The zero-order chi connectivity index (χ0) is 15.2. The summed E-state index contributed by atoms with van der Waals surface area (Å²) in [5.74, 6) is 1.39. The number of carbonyl (C=O) groups excluding carboxylic acids is 1. The molecule has 118 valence electrons. The van der Waals surface area contributed by atoms with Crippen molar-refractivity contribution in [3.63, 3.8) is 0 Å². The van der Waals surface area contributed by atoms with Crippen molar-refractivity contribution in [1.82, 2.24) is 20.8 Å². The van der Waals surface area contributed by atoms with Crippen molar-refractivity contribution in [2.75, 3.05) is 6.61 Å². The van der Waals surface area contributed by atoms with Crippen molar-refractivity contribution in [3.8, 4) is 0 Å². The molecule has 7 nitrogen and oxygen atoms in total. The molecule has 7 heteroatoms. The number of aromatic nitrogens is 2. The normalized spacial score (nSPS) is 23.6. The fraction of sp³-hybridized carbons (Fsp3) is 0.786. The molecule has 1 unspecified atom stereocenters. The lowest BCUT2D eigenvalue weighted by Gasteiger charge is -2.28. The van der Waals surface area contributed by atoms with Crippen LogP contribution in [-0.4, -0.2) is 33.9 Å². The van der Waals surface area contributed by atoms with E-state index in [9.17, 15) is 4.79 Å². The van der Waals surface area contributed by atoms with Gasteiger partial charge in [0.15, 0.2) is 5.82 Å². The van der Waals surface area contributed by atoms with Gasteiger partial charge in [0.25, 0.3) is 0 Å².